The Labute approximate surface area is 202 Å². The summed E-state index contributed by atoms with van der Waals surface area (Å²) < 4.78 is 26.7. The van der Waals surface area contributed by atoms with Gasteiger partial charge in [0.15, 0.2) is 12.4 Å². The van der Waals surface area contributed by atoms with E-state index in [1.165, 1.54) is 22.4 Å². The summed E-state index contributed by atoms with van der Waals surface area (Å²) in [6.07, 6.45) is 7.45. The minimum atomic E-state index is -2.08. The third kappa shape index (κ3) is 5.33. The quantitative estimate of drug-likeness (QED) is 0.394. The molecule has 4 aromatic heterocycles. The predicted molar refractivity (Wildman–Crippen MR) is 135 cm³/mol. The number of aryl methyl sites for hydroxylation is 9. The van der Waals surface area contributed by atoms with Crippen LogP contribution in [0.25, 0.3) is 22.5 Å². The normalized spacial score (nSPS) is 12.3. The molecule has 0 aliphatic heterocycles. The number of aromatic nitrogens is 4. The standard InChI is InChI=1S/C15H19N2.C14H17N2/c1-10-6-7-16-13(4)15(10)14-8-11(2)12(3)9-17(14)5;1-10-6-8-16(4)13(9-10)14-11(2)5-7-15-12(14)3/h6-9H,1-5H3;5-9H,1-4H3/q2*+1/i3D3;. The van der Waals surface area contributed by atoms with Crippen LogP contribution in [-0.4, -0.2) is 9.97 Å². The lowest BCUT2D eigenvalue weighted by Gasteiger charge is -2.08. The van der Waals surface area contributed by atoms with Gasteiger partial charge in [-0.3, -0.25) is 9.97 Å². The van der Waals surface area contributed by atoms with Crippen LogP contribution in [0.2, 0.25) is 0 Å². The van der Waals surface area contributed by atoms with Crippen LogP contribution in [0.3, 0.4) is 0 Å². The Morgan fingerprint density at radius 1 is 0.667 bits per heavy atom. The van der Waals surface area contributed by atoms with E-state index in [4.69, 9.17) is 4.11 Å². The summed E-state index contributed by atoms with van der Waals surface area (Å²) >= 11 is 0. The van der Waals surface area contributed by atoms with Crippen molar-refractivity contribution in [1.29, 1.82) is 0 Å². The zero-order chi connectivity index (χ0) is 26.8. The van der Waals surface area contributed by atoms with Crippen molar-refractivity contribution in [3.05, 3.63) is 94.3 Å². The van der Waals surface area contributed by atoms with Gasteiger partial charge in [0, 0.05) is 40.3 Å². The first kappa shape index (κ1) is 20.2. The summed E-state index contributed by atoms with van der Waals surface area (Å²) in [7, 11) is 3.94. The molecule has 0 saturated carbocycles. The summed E-state index contributed by atoms with van der Waals surface area (Å²) in [6.45, 7) is 10.1. The van der Waals surface area contributed by atoms with E-state index >= 15 is 0 Å². The summed E-state index contributed by atoms with van der Waals surface area (Å²) in [5.74, 6) is 0. The van der Waals surface area contributed by atoms with Crippen molar-refractivity contribution in [1.82, 2.24) is 9.97 Å². The fourth-order valence-corrected chi connectivity index (χ4v) is 4.08. The monoisotopic (exact) mass is 443 g/mol. The third-order valence-electron chi connectivity index (χ3n) is 6.00. The van der Waals surface area contributed by atoms with Crippen LogP contribution in [0, 0.1) is 48.4 Å². The van der Waals surface area contributed by atoms with Gasteiger partial charge in [0.1, 0.15) is 14.1 Å². The summed E-state index contributed by atoms with van der Waals surface area (Å²) in [4.78, 5) is 8.71. The Bertz CT molecular complexity index is 1370. The maximum atomic E-state index is 7.58. The predicted octanol–water partition coefficient (Wildman–Crippen LogP) is 5.31. The summed E-state index contributed by atoms with van der Waals surface area (Å²) in [5, 5.41) is 0. The molecule has 0 aliphatic rings. The molecule has 33 heavy (non-hydrogen) atoms. The van der Waals surface area contributed by atoms with Gasteiger partial charge in [-0.1, -0.05) is 0 Å². The Hall–Kier alpha value is -3.40. The lowest BCUT2D eigenvalue weighted by Crippen LogP contribution is -2.32. The molecular weight excluding hydrogens is 404 g/mol. The van der Waals surface area contributed by atoms with Crippen LogP contribution in [-0.2, 0) is 14.1 Å². The zero-order valence-electron chi connectivity index (χ0n) is 24.0. The SMILES string of the molecule is Cc1cc[n+](C)c(-c2c(C)ccnc2C)c1.[2H]C([2H])([2H])c1c[n+](C)c(-c2c(C)ccnc2C)cc1C. The van der Waals surface area contributed by atoms with Gasteiger partial charge >= 0.3 is 0 Å². The van der Waals surface area contributed by atoms with Crippen LogP contribution in [0.15, 0.2) is 55.1 Å². The van der Waals surface area contributed by atoms with Gasteiger partial charge in [0.25, 0.3) is 0 Å². The summed E-state index contributed by atoms with van der Waals surface area (Å²) in [5.41, 5.74) is 11.4. The molecule has 0 unspecified atom stereocenters. The molecule has 0 fully saturated rings. The molecule has 0 spiro atoms. The maximum Gasteiger partial charge on any atom is 0.214 e. The van der Waals surface area contributed by atoms with E-state index in [1.54, 1.807) is 12.4 Å². The van der Waals surface area contributed by atoms with Crippen molar-refractivity contribution in [3.8, 4) is 22.5 Å². The number of hydrogen-bond acceptors (Lipinski definition) is 2. The smallest absolute Gasteiger partial charge is 0.214 e. The minimum absolute atomic E-state index is 0.392. The number of hydrogen-bond donors (Lipinski definition) is 0. The molecule has 4 aromatic rings. The molecule has 170 valence electrons. The molecular formula is C29H36N4+2. The zero-order valence-corrected chi connectivity index (χ0v) is 21.0. The van der Waals surface area contributed by atoms with Crippen molar-refractivity contribution in [3.63, 3.8) is 0 Å². The van der Waals surface area contributed by atoms with E-state index in [9.17, 15) is 0 Å². The number of pyridine rings is 4. The second-order valence-electron chi connectivity index (χ2n) is 8.74. The Balaban J connectivity index is 0.000000205. The first-order valence-electron chi connectivity index (χ1n) is 12.6. The van der Waals surface area contributed by atoms with Gasteiger partial charge in [-0.25, -0.2) is 9.13 Å². The second kappa shape index (κ2) is 10.0. The molecule has 4 heteroatoms. The number of rotatable bonds is 2. The van der Waals surface area contributed by atoms with E-state index in [0.29, 0.717) is 5.56 Å². The average molecular weight is 444 g/mol. The van der Waals surface area contributed by atoms with Crippen LogP contribution >= 0.6 is 0 Å². The molecule has 0 aliphatic carbocycles. The van der Waals surface area contributed by atoms with E-state index in [0.717, 1.165) is 33.8 Å². The molecule has 0 atom stereocenters. The first-order valence-corrected chi connectivity index (χ1v) is 11.1. The maximum absolute atomic E-state index is 7.58. The summed E-state index contributed by atoms with van der Waals surface area (Å²) in [6, 6.07) is 10.3. The topological polar surface area (TPSA) is 33.5 Å². The highest BCUT2D eigenvalue weighted by Crippen LogP contribution is 2.24. The van der Waals surface area contributed by atoms with Gasteiger partial charge in [0.2, 0.25) is 11.4 Å². The Kier molecular flexibility index (Phi) is 6.15. The first-order chi connectivity index (χ1) is 16.8. The lowest BCUT2D eigenvalue weighted by molar-refractivity contribution is -0.660. The van der Waals surface area contributed by atoms with Gasteiger partial charge in [-0.05, 0) is 82.8 Å². The van der Waals surface area contributed by atoms with Gasteiger partial charge in [-0.15, -0.1) is 0 Å². The highest BCUT2D eigenvalue weighted by atomic mass is 14.9. The van der Waals surface area contributed by atoms with E-state index in [1.807, 2.05) is 50.7 Å². The minimum Gasteiger partial charge on any atom is -0.261 e. The number of nitrogens with zero attached hydrogens (tertiary/aromatic N) is 4. The molecule has 0 amide bonds. The average Bonchev–Trinajstić information content (AvgIpc) is 2.77. The van der Waals surface area contributed by atoms with Crippen LogP contribution in [0.1, 0.15) is 43.3 Å². The molecule has 0 bridgehead atoms. The fourth-order valence-electron chi connectivity index (χ4n) is 4.08. The lowest BCUT2D eigenvalue weighted by atomic mass is 10.0. The Morgan fingerprint density at radius 2 is 1.21 bits per heavy atom. The van der Waals surface area contributed by atoms with Gasteiger partial charge in [0.05, 0.1) is 22.5 Å². The van der Waals surface area contributed by atoms with E-state index in [2.05, 4.69) is 66.7 Å². The molecule has 0 radical (unpaired) electrons. The van der Waals surface area contributed by atoms with Crippen molar-refractivity contribution in [2.24, 2.45) is 14.1 Å². The molecule has 0 N–H and O–H groups in total. The fraction of sp³-hybridized carbons (Fsp3) is 0.310. The molecule has 0 aromatic carbocycles. The van der Waals surface area contributed by atoms with Crippen molar-refractivity contribution in [2.45, 2.75) is 48.4 Å². The molecule has 4 rings (SSSR count). The van der Waals surface area contributed by atoms with Crippen molar-refractivity contribution in [2.75, 3.05) is 0 Å². The van der Waals surface area contributed by atoms with Gasteiger partial charge in [-0.2, -0.15) is 0 Å². The highest BCUT2D eigenvalue weighted by molar-refractivity contribution is 5.64. The Morgan fingerprint density at radius 3 is 1.73 bits per heavy atom. The van der Waals surface area contributed by atoms with Crippen molar-refractivity contribution >= 4 is 0 Å². The molecule has 4 nitrogen and oxygen atoms in total. The van der Waals surface area contributed by atoms with Crippen LogP contribution < -0.4 is 9.13 Å². The third-order valence-corrected chi connectivity index (χ3v) is 6.00. The second-order valence-corrected chi connectivity index (χ2v) is 8.74. The highest BCUT2D eigenvalue weighted by Gasteiger charge is 2.17. The van der Waals surface area contributed by atoms with E-state index in [-0.39, 0.29) is 0 Å². The molecule has 4 heterocycles. The largest absolute Gasteiger partial charge is 0.261 e. The van der Waals surface area contributed by atoms with Crippen LogP contribution in [0.5, 0.6) is 0 Å². The van der Waals surface area contributed by atoms with Crippen molar-refractivity contribution < 1.29 is 13.2 Å². The van der Waals surface area contributed by atoms with Gasteiger partial charge < -0.3 is 0 Å². The molecule has 0 saturated heterocycles. The van der Waals surface area contributed by atoms with E-state index < -0.39 is 6.85 Å². The van der Waals surface area contributed by atoms with Crippen LogP contribution in [0.4, 0.5) is 0 Å².